The normalized spacial score (nSPS) is 14.8. The van der Waals surface area contributed by atoms with Gasteiger partial charge in [-0.25, -0.2) is 8.78 Å². The molecule has 2 rings (SSSR count). The van der Waals surface area contributed by atoms with Gasteiger partial charge in [0.25, 0.3) is 6.43 Å². The minimum Gasteiger partial charge on any atom is -0.352 e. The highest BCUT2D eigenvalue weighted by molar-refractivity contribution is 5.78. The predicted molar refractivity (Wildman–Crippen MR) is 64.3 cm³/mol. The van der Waals surface area contributed by atoms with Crippen LogP contribution in [0.5, 0.6) is 0 Å². The lowest BCUT2D eigenvalue weighted by atomic mass is 10.1. The van der Waals surface area contributed by atoms with E-state index in [2.05, 4.69) is 10.6 Å². The van der Waals surface area contributed by atoms with E-state index in [-0.39, 0.29) is 18.0 Å². The first-order chi connectivity index (χ1) is 8.65. The van der Waals surface area contributed by atoms with E-state index in [1.165, 1.54) is 12.1 Å². The zero-order chi connectivity index (χ0) is 13.0. The van der Waals surface area contributed by atoms with Gasteiger partial charge in [0, 0.05) is 18.2 Å². The lowest BCUT2D eigenvalue weighted by Crippen LogP contribution is -2.34. The minimum absolute atomic E-state index is 0.0109. The third kappa shape index (κ3) is 4.07. The van der Waals surface area contributed by atoms with Gasteiger partial charge in [0.05, 0.1) is 6.54 Å². The van der Waals surface area contributed by atoms with Crippen LogP contribution in [0, 0.1) is 0 Å². The molecule has 0 radical (unpaired) electrons. The van der Waals surface area contributed by atoms with Crippen LogP contribution in [0.1, 0.15) is 30.4 Å². The van der Waals surface area contributed by atoms with Crippen molar-refractivity contribution < 1.29 is 13.6 Å². The summed E-state index contributed by atoms with van der Waals surface area (Å²) in [5.41, 5.74) is 0.767. The maximum Gasteiger partial charge on any atom is 0.263 e. The highest BCUT2D eigenvalue weighted by Crippen LogP contribution is 2.19. The molecule has 0 atom stereocenters. The molecule has 1 aliphatic carbocycles. The molecule has 0 unspecified atom stereocenters. The first kappa shape index (κ1) is 13.0. The fourth-order valence-corrected chi connectivity index (χ4v) is 1.67. The van der Waals surface area contributed by atoms with Crippen molar-refractivity contribution in [2.24, 2.45) is 0 Å². The van der Waals surface area contributed by atoms with Crippen molar-refractivity contribution in [3.8, 4) is 0 Å². The summed E-state index contributed by atoms with van der Waals surface area (Å²) >= 11 is 0. The Bertz CT molecular complexity index is 419. The van der Waals surface area contributed by atoms with Crippen LogP contribution in [-0.2, 0) is 11.3 Å². The van der Waals surface area contributed by atoms with Crippen LogP contribution in [0.3, 0.4) is 0 Å². The SMILES string of the molecule is O=C(CNCc1cccc(C(F)F)c1)NC1CC1. The van der Waals surface area contributed by atoms with Crippen LogP contribution >= 0.6 is 0 Å². The molecule has 0 heterocycles. The van der Waals surface area contributed by atoms with Gasteiger partial charge in [0.1, 0.15) is 0 Å². The molecule has 0 aromatic heterocycles. The molecule has 5 heteroatoms. The average molecular weight is 254 g/mol. The van der Waals surface area contributed by atoms with E-state index in [9.17, 15) is 13.6 Å². The van der Waals surface area contributed by atoms with Crippen molar-refractivity contribution in [1.82, 2.24) is 10.6 Å². The summed E-state index contributed by atoms with van der Waals surface area (Å²) in [7, 11) is 0. The Labute approximate surface area is 105 Å². The van der Waals surface area contributed by atoms with Gasteiger partial charge in [-0.1, -0.05) is 18.2 Å². The summed E-state index contributed by atoms with van der Waals surface area (Å²) in [4.78, 5) is 11.4. The van der Waals surface area contributed by atoms with E-state index in [1.807, 2.05) is 0 Å². The van der Waals surface area contributed by atoms with Gasteiger partial charge in [0.2, 0.25) is 5.91 Å². The van der Waals surface area contributed by atoms with Crippen molar-refractivity contribution in [3.63, 3.8) is 0 Å². The molecule has 1 aromatic carbocycles. The van der Waals surface area contributed by atoms with Crippen LogP contribution < -0.4 is 10.6 Å². The lowest BCUT2D eigenvalue weighted by Gasteiger charge is -2.07. The second-order valence-corrected chi connectivity index (χ2v) is 4.49. The van der Waals surface area contributed by atoms with Gasteiger partial charge < -0.3 is 10.6 Å². The van der Waals surface area contributed by atoms with Crippen LogP contribution in [0.15, 0.2) is 24.3 Å². The van der Waals surface area contributed by atoms with Crippen molar-refractivity contribution in [3.05, 3.63) is 35.4 Å². The average Bonchev–Trinajstić information content (AvgIpc) is 3.13. The summed E-state index contributed by atoms with van der Waals surface area (Å²) in [5, 5.41) is 5.79. The Morgan fingerprint density at radius 2 is 2.17 bits per heavy atom. The third-order valence-corrected chi connectivity index (χ3v) is 2.76. The van der Waals surface area contributed by atoms with Crippen molar-refractivity contribution in [1.29, 1.82) is 0 Å². The number of carbonyl (C=O) groups is 1. The molecule has 0 aliphatic heterocycles. The second kappa shape index (κ2) is 5.91. The lowest BCUT2D eigenvalue weighted by molar-refractivity contribution is -0.120. The van der Waals surface area contributed by atoms with Crippen LogP contribution in [-0.4, -0.2) is 18.5 Å². The van der Waals surface area contributed by atoms with Crippen LogP contribution in [0.4, 0.5) is 8.78 Å². The molecule has 18 heavy (non-hydrogen) atoms. The summed E-state index contributed by atoms with van der Waals surface area (Å²) in [6, 6.07) is 6.56. The van der Waals surface area contributed by atoms with Gasteiger partial charge in [-0.05, 0) is 24.5 Å². The zero-order valence-electron chi connectivity index (χ0n) is 9.96. The maximum atomic E-state index is 12.5. The Balaban J connectivity index is 1.75. The second-order valence-electron chi connectivity index (χ2n) is 4.49. The van der Waals surface area contributed by atoms with Crippen molar-refractivity contribution in [2.45, 2.75) is 31.9 Å². The number of hydrogen-bond acceptors (Lipinski definition) is 2. The zero-order valence-corrected chi connectivity index (χ0v) is 9.96. The molecule has 1 amide bonds. The molecule has 1 fully saturated rings. The predicted octanol–water partition coefficient (Wildman–Crippen LogP) is 1.99. The molecule has 98 valence electrons. The van der Waals surface area contributed by atoms with Gasteiger partial charge in [-0.3, -0.25) is 4.79 Å². The summed E-state index contributed by atoms with van der Waals surface area (Å²) in [5.74, 6) is -0.0393. The van der Waals surface area contributed by atoms with Gasteiger partial charge in [-0.2, -0.15) is 0 Å². The first-order valence-corrected chi connectivity index (χ1v) is 6.02. The third-order valence-electron chi connectivity index (χ3n) is 2.76. The Kier molecular flexibility index (Phi) is 4.25. The molecule has 1 aliphatic rings. The Hall–Kier alpha value is -1.49. The highest BCUT2D eigenvalue weighted by Gasteiger charge is 2.22. The van der Waals surface area contributed by atoms with Gasteiger partial charge in [-0.15, -0.1) is 0 Å². The number of amides is 1. The molecule has 1 aromatic rings. The summed E-state index contributed by atoms with van der Waals surface area (Å²) < 4.78 is 24.9. The fraction of sp³-hybridized carbons (Fsp3) is 0.462. The quantitative estimate of drug-likeness (QED) is 0.815. The van der Waals surface area contributed by atoms with Crippen molar-refractivity contribution >= 4 is 5.91 Å². The molecular formula is C13H16F2N2O. The van der Waals surface area contributed by atoms with Gasteiger partial charge >= 0.3 is 0 Å². The standard InChI is InChI=1S/C13H16F2N2O/c14-13(15)10-3-1-2-9(6-10)7-16-8-12(18)17-11-4-5-11/h1-3,6,11,13,16H,4-5,7-8H2,(H,17,18). The molecule has 0 spiro atoms. The van der Waals surface area contributed by atoms with E-state index in [1.54, 1.807) is 12.1 Å². The minimum atomic E-state index is -2.46. The Morgan fingerprint density at radius 1 is 1.39 bits per heavy atom. The largest absolute Gasteiger partial charge is 0.352 e. The van der Waals surface area contributed by atoms with Crippen molar-refractivity contribution in [2.75, 3.05) is 6.54 Å². The first-order valence-electron chi connectivity index (χ1n) is 6.02. The number of alkyl halides is 2. The van der Waals surface area contributed by atoms with Crippen LogP contribution in [0.25, 0.3) is 0 Å². The number of rotatable bonds is 6. The van der Waals surface area contributed by atoms with E-state index < -0.39 is 6.43 Å². The number of carbonyl (C=O) groups excluding carboxylic acids is 1. The highest BCUT2D eigenvalue weighted by atomic mass is 19.3. The molecule has 2 N–H and O–H groups in total. The van der Waals surface area contributed by atoms with Crippen LogP contribution in [0.2, 0.25) is 0 Å². The van der Waals surface area contributed by atoms with E-state index in [4.69, 9.17) is 0 Å². The van der Waals surface area contributed by atoms with E-state index in [0.29, 0.717) is 12.6 Å². The number of benzene rings is 1. The van der Waals surface area contributed by atoms with E-state index in [0.717, 1.165) is 18.4 Å². The summed E-state index contributed by atoms with van der Waals surface area (Å²) in [6.45, 7) is 0.633. The topological polar surface area (TPSA) is 41.1 Å². The monoisotopic (exact) mass is 254 g/mol. The van der Waals surface area contributed by atoms with E-state index >= 15 is 0 Å². The Morgan fingerprint density at radius 3 is 2.83 bits per heavy atom. The number of hydrogen-bond donors (Lipinski definition) is 2. The molecule has 1 saturated carbocycles. The molecule has 3 nitrogen and oxygen atoms in total. The number of nitrogens with one attached hydrogen (secondary N) is 2. The van der Waals surface area contributed by atoms with Gasteiger partial charge in [0.15, 0.2) is 0 Å². The molecule has 0 bridgehead atoms. The maximum absolute atomic E-state index is 12.5. The summed E-state index contributed by atoms with van der Waals surface area (Å²) in [6.07, 6.45) is -0.340. The fourth-order valence-electron chi connectivity index (χ4n) is 1.67. The number of halogens is 2. The smallest absolute Gasteiger partial charge is 0.263 e. The molecule has 0 saturated heterocycles. The molecular weight excluding hydrogens is 238 g/mol.